The SMILES string of the molecule is C=C(C)[C@H]1C=C[C@@H](OC(C)=O)[C@@]23[C@H](OC(C)=O)O[C@](C)([C@H](OC(=O)c4cccnc4)[C@@]4(OC(C)=O)C[C@H](C)[C@H](OC(C)=O)[C@@H]4[C@H]2OC(C)=O)[C@H]13. The molecular weight excluding hydrogens is 654 g/mol. The molecule has 0 amide bonds. The van der Waals surface area contributed by atoms with Crippen LogP contribution in [0, 0.1) is 29.1 Å². The highest BCUT2D eigenvalue weighted by Gasteiger charge is 2.85. The van der Waals surface area contributed by atoms with Crippen molar-refractivity contribution in [2.75, 3.05) is 0 Å². The first kappa shape index (κ1) is 36.7. The lowest BCUT2D eigenvalue weighted by atomic mass is 9.54. The Balaban J connectivity index is 1.96. The molecule has 12 atom stereocenters. The highest BCUT2D eigenvalue weighted by molar-refractivity contribution is 5.89. The maximum Gasteiger partial charge on any atom is 0.340 e. The predicted octanol–water partition coefficient (Wildman–Crippen LogP) is 3.42. The van der Waals surface area contributed by atoms with Crippen LogP contribution in [0.1, 0.15) is 72.2 Å². The first-order chi connectivity index (χ1) is 23.4. The minimum atomic E-state index is -1.90. The van der Waals surface area contributed by atoms with Crippen molar-refractivity contribution in [3.8, 4) is 0 Å². The van der Waals surface area contributed by atoms with E-state index in [1.807, 2.05) is 0 Å². The van der Waals surface area contributed by atoms with Gasteiger partial charge in [0.2, 0.25) is 6.29 Å². The number of nitrogens with zero attached hydrogens (tertiary/aromatic N) is 1. The molecule has 0 aromatic carbocycles. The van der Waals surface area contributed by atoms with E-state index in [-0.39, 0.29) is 12.0 Å². The Bertz CT molecular complexity index is 1620. The van der Waals surface area contributed by atoms with Crippen LogP contribution < -0.4 is 0 Å². The zero-order valence-electron chi connectivity index (χ0n) is 29.3. The molecule has 3 aliphatic carbocycles. The van der Waals surface area contributed by atoms with Crippen LogP contribution in [-0.4, -0.2) is 82.7 Å². The number of hydrogen-bond acceptors (Lipinski definition) is 14. The number of fused-ring (bicyclic) bond motifs is 1. The van der Waals surface area contributed by atoms with E-state index in [0.29, 0.717) is 5.57 Å². The molecular formula is C36H43NO13. The zero-order valence-corrected chi connectivity index (χ0v) is 29.3. The third-order valence-electron chi connectivity index (χ3n) is 10.4. The van der Waals surface area contributed by atoms with Crippen molar-refractivity contribution in [1.29, 1.82) is 0 Å². The van der Waals surface area contributed by atoms with Crippen molar-refractivity contribution in [3.63, 3.8) is 0 Å². The number of ether oxygens (including phenoxy) is 7. The molecule has 1 aliphatic heterocycles. The molecule has 0 unspecified atom stereocenters. The molecule has 14 heteroatoms. The van der Waals surface area contributed by atoms with E-state index in [1.54, 1.807) is 39.0 Å². The van der Waals surface area contributed by atoms with Gasteiger partial charge in [-0.05, 0) is 44.4 Å². The van der Waals surface area contributed by atoms with Crippen molar-refractivity contribution in [2.24, 2.45) is 29.1 Å². The third kappa shape index (κ3) is 5.86. The van der Waals surface area contributed by atoms with Crippen molar-refractivity contribution in [3.05, 3.63) is 54.4 Å². The topological polar surface area (TPSA) is 180 Å². The van der Waals surface area contributed by atoms with Crippen LogP contribution in [0.3, 0.4) is 0 Å². The minimum absolute atomic E-state index is 0.0542. The lowest BCUT2D eigenvalue weighted by Gasteiger charge is -2.52. The summed E-state index contributed by atoms with van der Waals surface area (Å²) in [6.45, 7) is 15.3. The largest absolute Gasteiger partial charge is 0.462 e. The third-order valence-corrected chi connectivity index (χ3v) is 10.4. The Hall–Kier alpha value is -4.59. The summed E-state index contributed by atoms with van der Waals surface area (Å²) in [6.07, 6.45) is -1.03. The Morgan fingerprint density at radius 1 is 0.860 bits per heavy atom. The van der Waals surface area contributed by atoms with Crippen LogP contribution in [0.15, 0.2) is 48.8 Å². The number of rotatable bonds is 8. The average molecular weight is 698 g/mol. The van der Waals surface area contributed by atoms with Gasteiger partial charge in [-0.1, -0.05) is 25.2 Å². The van der Waals surface area contributed by atoms with Crippen LogP contribution >= 0.6 is 0 Å². The van der Waals surface area contributed by atoms with Gasteiger partial charge in [0, 0.05) is 58.8 Å². The summed E-state index contributed by atoms with van der Waals surface area (Å²) >= 11 is 0. The first-order valence-corrected chi connectivity index (χ1v) is 16.4. The smallest absolute Gasteiger partial charge is 0.340 e. The van der Waals surface area contributed by atoms with E-state index in [1.165, 1.54) is 39.2 Å². The fourth-order valence-corrected chi connectivity index (χ4v) is 9.21. The number of allylic oxidation sites excluding steroid dienone is 2. The number of hydrogen-bond donors (Lipinski definition) is 0. The van der Waals surface area contributed by atoms with Gasteiger partial charge in [0.15, 0.2) is 11.7 Å². The van der Waals surface area contributed by atoms with E-state index < -0.39 is 107 Å². The molecule has 270 valence electrons. The zero-order chi connectivity index (χ0) is 36.9. The molecule has 2 saturated carbocycles. The van der Waals surface area contributed by atoms with Crippen molar-refractivity contribution in [1.82, 2.24) is 4.98 Å². The summed E-state index contributed by atoms with van der Waals surface area (Å²) in [5.74, 6) is -8.17. The van der Waals surface area contributed by atoms with Crippen LogP contribution in [0.4, 0.5) is 0 Å². The maximum atomic E-state index is 14.1. The van der Waals surface area contributed by atoms with Crippen LogP contribution in [-0.2, 0) is 57.1 Å². The standard InChI is InChI=1S/C36H43NO13/c1-17(2)25-12-13-26(44-19(4)38)36-29(25)34(9,50-33(36)47-22(7)41)32(48-31(43)24-11-10-14-37-16-24)35(49-23(8)42)15-18(3)28(45-20(5)39)27(35)30(36)46-21(6)40/h10-14,16,18,25-30,32-33H,1,15H2,2-9H3/t18-,25+,26+,27+,28-,29-,30+,32-,33+,34-,35+,36-/m0/s1. The molecule has 50 heavy (non-hydrogen) atoms. The summed E-state index contributed by atoms with van der Waals surface area (Å²) in [7, 11) is 0. The van der Waals surface area contributed by atoms with Crippen LogP contribution in [0.25, 0.3) is 0 Å². The van der Waals surface area contributed by atoms with Gasteiger partial charge in [0.25, 0.3) is 0 Å². The molecule has 1 saturated heterocycles. The average Bonchev–Trinajstić information content (AvgIpc) is 3.40. The Morgan fingerprint density at radius 2 is 1.50 bits per heavy atom. The number of pyridine rings is 1. The number of aromatic nitrogens is 1. The Morgan fingerprint density at radius 3 is 2.04 bits per heavy atom. The quantitative estimate of drug-likeness (QED) is 0.219. The molecule has 1 aromatic rings. The lowest BCUT2D eigenvalue weighted by Crippen LogP contribution is -2.66. The molecule has 5 rings (SSSR count). The lowest BCUT2D eigenvalue weighted by molar-refractivity contribution is -0.286. The first-order valence-electron chi connectivity index (χ1n) is 16.4. The Labute approximate surface area is 289 Å². The molecule has 1 aromatic heterocycles. The van der Waals surface area contributed by atoms with Gasteiger partial charge >= 0.3 is 35.8 Å². The second kappa shape index (κ2) is 13.3. The van der Waals surface area contributed by atoms with Gasteiger partial charge in [-0.25, -0.2) is 4.79 Å². The van der Waals surface area contributed by atoms with Gasteiger partial charge in [-0.3, -0.25) is 29.0 Å². The molecule has 0 N–H and O–H groups in total. The summed E-state index contributed by atoms with van der Waals surface area (Å²) in [5, 5.41) is 0. The monoisotopic (exact) mass is 697 g/mol. The van der Waals surface area contributed by atoms with E-state index in [9.17, 15) is 28.8 Å². The van der Waals surface area contributed by atoms with Crippen molar-refractivity contribution >= 4 is 35.8 Å². The van der Waals surface area contributed by atoms with Crippen LogP contribution in [0.5, 0.6) is 0 Å². The molecule has 3 fully saturated rings. The second-order valence-corrected chi connectivity index (χ2v) is 13.9. The van der Waals surface area contributed by atoms with Crippen molar-refractivity contribution in [2.45, 2.75) is 104 Å². The summed E-state index contributed by atoms with van der Waals surface area (Å²) < 4.78 is 43.7. The maximum absolute atomic E-state index is 14.1. The highest BCUT2D eigenvalue weighted by atomic mass is 16.7. The predicted molar refractivity (Wildman–Crippen MR) is 170 cm³/mol. The molecule has 14 nitrogen and oxygen atoms in total. The van der Waals surface area contributed by atoms with E-state index in [2.05, 4.69) is 11.6 Å². The molecule has 2 heterocycles. The summed E-state index contributed by atoms with van der Waals surface area (Å²) in [5.41, 5.74) is -4.83. The van der Waals surface area contributed by atoms with Crippen molar-refractivity contribution < 1.29 is 61.9 Å². The van der Waals surface area contributed by atoms with Gasteiger partial charge in [0.1, 0.15) is 29.3 Å². The van der Waals surface area contributed by atoms with Gasteiger partial charge in [0.05, 0.1) is 11.5 Å². The highest BCUT2D eigenvalue weighted by Crippen LogP contribution is 2.70. The molecule has 0 radical (unpaired) electrons. The van der Waals surface area contributed by atoms with E-state index >= 15 is 0 Å². The number of esters is 6. The molecule has 0 spiro atoms. The van der Waals surface area contributed by atoms with E-state index in [4.69, 9.17) is 33.2 Å². The van der Waals surface area contributed by atoms with E-state index in [0.717, 1.165) is 13.8 Å². The fraction of sp³-hybridized carbons (Fsp3) is 0.583. The minimum Gasteiger partial charge on any atom is -0.462 e. The van der Waals surface area contributed by atoms with Crippen LogP contribution in [0.2, 0.25) is 0 Å². The molecule has 4 aliphatic rings. The van der Waals surface area contributed by atoms with Gasteiger partial charge in [-0.15, -0.1) is 0 Å². The number of carbonyl (C=O) groups excluding carboxylic acids is 6. The fourth-order valence-electron chi connectivity index (χ4n) is 9.21. The normalized spacial score (nSPS) is 38.0. The Kier molecular flexibility index (Phi) is 9.74. The second-order valence-electron chi connectivity index (χ2n) is 13.9. The van der Waals surface area contributed by atoms with Gasteiger partial charge < -0.3 is 33.2 Å². The summed E-state index contributed by atoms with van der Waals surface area (Å²) in [4.78, 5) is 83.1. The summed E-state index contributed by atoms with van der Waals surface area (Å²) in [6, 6.07) is 3.03. The number of carbonyl (C=O) groups is 6. The molecule has 2 bridgehead atoms. The van der Waals surface area contributed by atoms with Gasteiger partial charge in [-0.2, -0.15) is 0 Å².